The zero-order chi connectivity index (χ0) is 19.5. The zero-order valence-electron chi connectivity index (χ0n) is 14.9. The molecular formula is C18H18F2N2O4. The normalized spacial score (nSPS) is 13.3. The molecule has 0 spiro atoms. The van der Waals surface area contributed by atoms with E-state index in [4.69, 9.17) is 0 Å². The molecule has 0 aliphatic carbocycles. The fourth-order valence-corrected chi connectivity index (χ4v) is 3.57. The zero-order valence-corrected chi connectivity index (χ0v) is 14.9. The van der Waals surface area contributed by atoms with Crippen LogP contribution in [0.4, 0.5) is 8.78 Å². The van der Waals surface area contributed by atoms with Crippen molar-refractivity contribution in [3.8, 4) is 0 Å². The third-order valence-electron chi connectivity index (χ3n) is 4.77. The third kappa shape index (κ3) is 2.14. The smallest absolute Gasteiger partial charge is 0.264 e. The molecule has 3 aromatic rings. The van der Waals surface area contributed by atoms with Gasteiger partial charge < -0.3 is 0 Å². The van der Waals surface area contributed by atoms with Crippen molar-refractivity contribution in [2.75, 3.05) is 0 Å². The first-order valence-corrected chi connectivity index (χ1v) is 8.45. The largest absolute Gasteiger partial charge is 0.272 e. The SMILES string of the molecule is CCCC(C)n1c(=O)c2c(F)c3c(=O)n(C(C)C)c(=O)c3c(F)c2c1=O. The van der Waals surface area contributed by atoms with E-state index < -0.39 is 67.5 Å². The maximum atomic E-state index is 15.0. The topological polar surface area (TPSA) is 78.1 Å². The average Bonchev–Trinajstić information content (AvgIpc) is 2.96. The fraction of sp³-hybridized carbons (Fsp3) is 0.444. The molecular weight excluding hydrogens is 346 g/mol. The quantitative estimate of drug-likeness (QED) is 0.711. The van der Waals surface area contributed by atoms with Crippen LogP contribution in [0, 0.1) is 11.6 Å². The minimum atomic E-state index is -1.30. The highest BCUT2D eigenvalue weighted by molar-refractivity contribution is 5.99. The maximum absolute atomic E-state index is 15.0. The fourth-order valence-electron chi connectivity index (χ4n) is 3.57. The van der Waals surface area contributed by atoms with Crippen molar-refractivity contribution in [2.45, 2.75) is 52.6 Å². The monoisotopic (exact) mass is 364 g/mol. The third-order valence-corrected chi connectivity index (χ3v) is 4.77. The highest BCUT2D eigenvalue weighted by atomic mass is 19.1. The van der Waals surface area contributed by atoms with E-state index in [1.54, 1.807) is 6.92 Å². The number of hydrogen-bond acceptors (Lipinski definition) is 4. The molecule has 2 heterocycles. The minimum absolute atomic E-state index is 0.466. The average molecular weight is 364 g/mol. The van der Waals surface area contributed by atoms with E-state index in [2.05, 4.69) is 0 Å². The molecule has 0 N–H and O–H groups in total. The number of aromatic nitrogens is 2. The Morgan fingerprint density at radius 2 is 1.08 bits per heavy atom. The van der Waals surface area contributed by atoms with Crippen LogP contribution in [0.5, 0.6) is 0 Å². The molecule has 0 radical (unpaired) electrons. The molecule has 1 atom stereocenters. The van der Waals surface area contributed by atoms with Crippen LogP contribution in [0.2, 0.25) is 0 Å². The van der Waals surface area contributed by atoms with Gasteiger partial charge in [0.2, 0.25) is 0 Å². The first-order valence-electron chi connectivity index (χ1n) is 8.45. The van der Waals surface area contributed by atoms with Crippen LogP contribution in [0.25, 0.3) is 21.5 Å². The van der Waals surface area contributed by atoms with Crippen LogP contribution in [-0.4, -0.2) is 9.13 Å². The standard InChI is InChI=1S/C18H18F2N2O4/c1-5-6-8(4)22-17(25)11-12(18(22)26)14(20)10-9(13(11)19)15(23)21(7(2)3)16(10)24/h7-8H,5-6H2,1-4H3. The van der Waals surface area contributed by atoms with Crippen LogP contribution >= 0.6 is 0 Å². The van der Waals surface area contributed by atoms with Gasteiger partial charge in [0.25, 0.3) is 22.2 Å². The summed E-state index contributed by atoms with van der Waals surface area (Å²) in [5.74, 6) is -2.61. The van der Waals surface area contributed by atoms with Crippen molar-refractivity contribution in [3.63, 3.8) is 0 Å². The van der Waals surface area contributed by atoms with Crippen LogP contribution in [0.15, 0.2) is 19.2 Å². The lowest BCUT2D eigenvalue weighted by atomic mass is 10.1. The van der Waals surface area contributed by atoms with E-state index in [-0.39, 0.29) is 0 Å². The van der Waals surface area contributed by atoms with Gasteiger partial charge in [-0.1, -0.05) is 13.3 Å². The first-order chi connectivity index (χ1) is 12.1. The predicted molar refractivity (Wildman–Crippen MR) is 94.8 cm³/mol. The van der Waals surface area contributed by atoms with E-state index in [1.807, 2.05) is 6.92 Å². The Hall–Kier alpha value is -2.64. The van der Waals surface area contributed by atoms with Crippen LogP contribution in [0.3, 0.4) is 0 Å². The Labute approximate surface area is 146 Å². The van der Waals surface area contributed by atoms with E-state index in [0.717, 1.165) is 9.13 Å². The van der Waals surface area contributed by atoms with Crippen molar-refractivity contribution >= 4 is 21.5 Å². The second-order valence-corrected chi connectivity index (χ2v) is 6.82. The molecule has 1 unspecified atom stereocenters. The Bertz CT molecular complexity index is 1160. The van der Waals surface area contributed by atoms with E-state index in [1.165, 1.54) is 13.8 Å². The van der Waals surface area contributed by atoms with Crippen molar-refractivity contribution in [1.82, 2.24) is 9.13 Å². The van der Waals surface area contributed by atoms with Crippen LogP contribution in [-0.2, 0) is 0 Å². The second kappa shape index (κ2) is 5.96. The number of halogens is 2. The van der Waals surface area contributed by atoms with Gasteiger partial charge in [-0.25, -0.2) is 8.78 Å². The Morgan fingerprint density at radius 1 is 0.731 bits per heavy atom. The van der Waals surface area contributed by atoms with Gasteiger partial charge in [0.1, 0.15) is 0 Å². The van der Waals surface area contributed by atoms with E-state index in [0.29, 0.717) is 12.8 Å². The van der Waals surface area contributed by atoms with Gasteiger partial charge in [-0.3, -0.25) is 28.3 Å². The van der Waals surface area contributed by atoms with Crippen molar-refractivity contribution in [1.29, 1.82) is 0 Å². The summed E-state index contributed by atoms with van der Waals surface area (Å²) < 4.78 is 31.5. The molecule has 8 heteroatoms. The van der Waals surface area contributed by atoms with Gasteiger partial charge in [-0.15, -0.1) is 0 Å². The Morgan fingerprint density at radius 3 is 1.38 bits per heavy atom. The summed E-state index contributed by atoms with van der Waals surface area (Å²) in [4.78, 5) is 50.0. The molecule has 0 amide bonds. The maximum Gasteiger partial charge on any atom is 0.264 e. The lowest BCUT2D eigenvalue weighted by molar-refractivity contribution is 0.482. The summed E-state index contributed by atoms with van der Waals surface area (Å²) in [5.41, 5.74) is -3.96. The van der Waals surface area contributed by atoms with Crippen molar-refractivity contribution in [3.05, 3.63) is 53.0 Å². The van der Waals surface area contributed by atoms with E-state index >= 15 is 0 Å². The molecule has 0 bridgehead atoms. The Kier molecular flexibility index (Phi) is 4.17. The lowest BCUT2D eigenvalue weighted by Crippen LogP contribution is -2.29. The van der Waals surface area contributed by atoms with Gasteiger partial charge in [-0.05, 0) is 27.2 Å². The summed E-state index contributed by atoms with van der Waals surface area (Å²) in [6.07, 6.45) is 1.13. The summed E-state index contributed by atoms with van der Waals surface area (Å²) in [7, 11) is 0. The van der Waals surface area contributed by atoms with Gasteiger partial charge in [-0.2, -0.15) is 0 Å². The lowest BCUT2D eigenvalue weighted by Gasteiger charge is -2.09. The highest BCUT2D eigenvalue weighted by Gasteiger charge is 2.30. The molecule has 1 aromatic carbocycles. The number of hydrogen-bond donors (Lipinski definition) is 0. The predicted octanol–water partition coefficient (Wildman–Crippen LogP) is 2.13. The molecule has 3 rings (SSSR count). The second-order valence-electron chi connectivity index (χ2n) is 6.82. The summed E-state index contributed by atoms with van der Waals surface area (Å²) in [6, 6.07) is -1.18. The van der Waals surface area contributed by atoms with E-state index in [9.17, 15) is 28.0 Å². The molecule has 0 aliphatic rings. The molecule has 0 fully saturated rings. The highest BCUT2D eigenvalue weighted by Crippen LogP contribution is 2.25. The summed E-state index contributed by atoms with van der Waals surface area (Å²) >= 11 is 0. The molecule has 0 saturated carbocycles. The number of rotatable bonds is 4. The molecule has 26 heavy (non-hydrogen) atoms. The molecule has 6 nitrogen and oxygen atoms in total. The van der Waals surface area contributed by atoms with Gasteiger partial charge in [0, 0.05) is 12.1 Å². The van der Waals surface area contributed by atoms with Crippen LogP contribution in [0.1, 0.15) is 52.6 Å². The summed E-state index contributed by atoms with van der Waals surface area (Å²) in [5, 5.41) is -3.07. The number of benzene rings is 1. The first kappa shape index (κ1) is 18.2. The van der Waals surface area contributed by atoms with Gasteiger partial charge in [0.05, 0.1) is 21.5 Å². The number of nitrogens with zero attached hydrogens (tertiary/aromatic N) is 2. The van der Waals surface area contributed by atoms with Crippen LogP contribution < -0.4 is 22.2 Å². The van der Waals surface area contributed by atoms with Gasteiger partial charge in [0.15, 0.2) is 11.6 Å². The van der Waals surface area contributed by atoms with Crippen molar-refractivity contribution < 1.29 is 8.78 Å². The Balaban J connectivity index is 2.62. The number of fused-ring (bicyclic) bond motifs is 2. The van der Waals surface area contributed by atoms with Crippen molar-refractivity contribution in [2.24, 2.45) is 0 Å². The molecule has 0 aliphatic heterocycles. The molecule has 2 aromatic heterocycles. The minimum Gasteiger partial charge on any atom is -0.272 e. The van der Waals surface area contributed by atoms with Gasteiger partial charge >= 0.3 is 0 Å². The molecule has 138 valence electrons. The summed E-state index contributed by atoms with van der Waals surface area (Å²) in [6.45, 7) is 6.50. The molecule has 0 saturated heterocycles.